The smallest absolute Gasteiger partial charge is 0.263 e. The largest absolute Gasteiger partial charge is 0.481 e. The van der Waals surface area contributed by atoms with Gasteiger partial charge in [0.2, 0.25) is 0 Å². The Morgan fingerprint density at radius 2 is 1.62 bits per heavy atom. The zero-order valence-corrected chi connectivity index (χ0v) is 15.9. The van der Waals surface area contributed by atoms with Crippen molar-refractivity contribution in [3.63, 3.8) is 0 Å². The molecule has 0 saturated carbocycles. The number of carbonyl (C=O) groups is 1. The van der Waals surface area contributed by atoms with E-state index in [1.807, 2.05) is 43.9 Å². The lowest BCUT2D eigenvalue weighted by Crippen LogP contribution is -2.52. The molecule has 1 saturated heterocycles. The maximum atomic E-state index is 12.9. The number of hydrogen-bond acceptors (Lipinski definition) is 3. The average molecular weight is 352 g/mol. The number of amides is 1. The number of rotatable bonds is 5. The van der Waals surface area contributed by atoms with Gasteiger partial charge in [-0.2, -0.15) is 0 Å². The molecule has 4 heteroatoms. The molecule has 1 fully saturated rings. The first kappa shape index (κ1) is 18.3. The predicted octanol–water partition coefficient (Wildman–Crippen LogP) is 3.81. The molecule has 1 unspecified atom stereocenters. The van der Waals surface area contributed by atoms with Crippen molar-refractivity contribution in [3.05, 3.63) is 59.7 Å². The lowest BCUT2D eigenvalue weighted by molar-refractivity contribution is -0.139. The van der Waals surface area contributed by atoms with Crippen LogP contribution in [0, 0.1) is 13.8 Å². The molecule has 1 heterocycles. The third kappa shape index (κ3) is 4.37. The van der Waals surface area contributed by atoms with E-state index in [0.29, 0.717) is 6.42 Å². The summed E-state index contributed by atoms with van der Waals surface area (Å²) in [5, 5.41) is 0. The van der Waals surface area contributed by atoms with Crippen molar-refractivity contribution < 1.29 is 9.53 Å². The number of ether oxygens (including phenoxy) is 1. The van der Waals surface area contributed by atoms with E-state index in [2.05, 4.69) is 35.2 Å². The number of anilines is 1. The Labute approximate surface area is 156 Å². The van der Waals surface area contributed by atoms with Gasteiger partial charge in [-0.05, 0) is 55.7 Å². The predicted molar refractivity (Wildman–Crippen MR) is 106 cm³/mol. The first-order chi connectivity index (χ1) is 12.6. The molecule has 2 aromatic carbocycles. The third-order valence-corrected chi connectivity index (χ3v) is 4.83. The lowest BCUT2D eigenvalue weighted by Gasteiger charge is -2.37. The number of piperazine rings is 1. The van der Waals surface area contributed by atoms with Crippen LogP contribution in [0.5, 0.6) is 5.75 Å². The molecular formula is C22H28N2O2. The molecular weight excluding hydrogens is 324 g/mol. The van der Waals surface area contributed by atoms with Gasteiger partial charge in [0.1, 0.15) is 5.75 Å². The van der Waals surface area contributed by atoms with Gasteiger partial charge in [0.15, 0.2) is 6.10 Å². The Morgan fingerprint density at radius 1 is 1.00 bits per heavy atom. The van der Waals surface area contributed by atoms with E-state index in [1.165, 1.54) is 5.69 Å². The molecule has 0 N–H and O–H groups in total. The monoisotopic (exact) mass is 352 g/mol. The molecule has 0 aliphatic carbocycles. The van der Waals surface area contributed by atoms with Gasteiger partial charge in [0.05, 0.1) is 0 Å². The van der Waals surface area contributed by atoms with Gasteiger partial charge < -0.3 is 14.5 Å². The molecule has 1 amide bonds. The van der Waals surface area contributed by atoms with E-state index in [1.54, 1.807) is 0 Å². The van der Waals surface area contributed by atoms with E-state index in [0.717, 1.165) is 43.1 Å². The standard InChI is InChI=1S/C22H28N2O2/c1-4-21(26-20-15-17(2)14-18(3)16-20)22(25)24-12-10-23(11-13-24)19-8-6-5-7-9-19/h5-9,14-16,21H,4,10-13H2,1-3H3. The molecule has 1 aliphatic rings. The second-order valence-electron chi connectivity index (χ2n) is 6.99. The van der Waals surface area contributed by atoms with Crippen LogP contribution in [0.25, 0.3) is 0 Å². The number of aryl methyl sites for hydroxylation is 2. The SMILES string of the molecule is CCC(Oc1cc(C)cc(C)c1)C(=O)N1CCN(c2ccccc2)CC1. The molecule has 1 atom stereocenters. The molecule has 1 aliphatic heterocycles. The highest BCUT2D eigenvalue weighted by atomic mass is 16.5. The van der Waals surface area contributed by atoms with Gasteiger partial charge in [-0.1, -0.05) is 31.2 Å². The van der Waals surface area contributed by atoms with Crippen LogP contribution in [-0.2, 0) is 4.79 Å². The molecule has 0 radical (unpaired) electrons. The van der Waals surface area contributed by atoms with Gasteiger partial charge in [0, 0.05) is 31.9 Å². The molecule has 0 aromatic heterocycles. The topological polar surface area (TPSA) is 32.8 Å². The zero-order valence-electron chi connectivity index (χ0n) is 15.9. The molecule has 0 bridgehead atoms. The fraction of sp³-hybridized carbons (Fsp3) is 0.409. The Balaban J connectivity index is 1.61. The Bertz CT molecular complexity index is 717. The number of nitrogens with zero attached hydrogens (tertiary/aromatic N) is 2. The molecule has 2 aromatic rings. The molecule has 138 valence electrons. The highest BCUT2D eigenvalue weighted by Gasteiger charge is 2.28. The highest BCUT2D eigenvalue weighted by molar-refractivity contribution is 5.81. The fourth-order valence-corrected chi connectivity index (χ4v) is 3.50. The number of benzene rings is 2. The summed E-state index contributed by atoms with van der Waals surface area (Å²) in [6.07, 6.45) is 0.254. The average Bonchev–Trinajstić information content (AvgIpc) is 2.65. The second kappa shape index (κ2) is 8.26. The van der Waals surface area contributed by atoms with Gasteiger partial charge >= 0.3 is 0 Å². The van der Waals surface area contributed by atoms with E-state index < -0.39 is 6.10 Å². The van der Waals surface area contributed by atoms with Gasteiger partial charge in [-0.3, -0.25) is 4.79 Å². The number of carbonyl (C=O) groups excluding carboxylic acids is 1. The van der Waals surface area contributed by atoms with Crippen molar-refractivity contribution >= 4 is 11.6 Å². The van der Waals surface area contributed by atoms with Crippen LogP contribution in [0.2, 0.25) is 0 Å². The van der Waals surface area contributed by atoms with E-state index in [4.69, 9.17) is 4.74 Å². The molecule has 26 heavy (non-hydrogen) atoms. The Hall–Kier alpha value is -2.49. The van der Waals surface area contributed by atoms with Crippen LogP contribution in [0.1, 0.15) is 24.5 Å². The summed E-state index contributed by atoms with van der Waals surface area (Å²) in [5.41, 5.74) is 3.52. The maximum absolute atomic E-state index is 12.9. The summed E-state index contributed by atoms with van der Waals surface area (Å²) in [5.74, 6) is 0.880. The van der Waals surface area contributed by atoms with Crippen LogP contribution in [0.15, 0.2) is 48.5 Å². The molecule has 3 rings (SSSR count). The van der Waals surface area contributed by atoms with Crippen molar-refractivity contribution in [1.82, 2.24) is 4.90 Å². The van der Waals surface area contributed by atoms with Crippen molar-refractivity contribution in [3.8, 4) is 5.75 Å². The van der Waals surface area contributed by atoms with Crippen LogP contribution in [-0.4, -0.2) is 43.1 Å². The third-order valence-electron chi connectivity index (χ3n) is 4.83. The summed E-state index contributed by atoms with van der Waals surface area (Å²) in [6, 6.07) is 16.5. The maximum Gasteiger partial charge on any atom is 0.263 e. The minimum atomic E-state index is -0.417. The zero-order chi connectivity index (χ0) is 18.5. The first-order valence-corrected chi connectivity index (χ1v) is 9.40. The summed E-state index contributed by atoms with van der Waals surface area (Å²) in [4.78, 5) is 17.2. The fourth-order valence-electron chi connectivity index (χ4n) is 3.50. The molecule has 0 spiro atoms. The summed E-state index contributed by atoms with van der Waals surface area (Å²) < 4.78 is 6.05. The van der Waals surface area contributed by atoms with Crippen molar-refractivity contribution in [1.29, 1.82) is 0 Å². The van der Waals surface area contributed by atoms with Crippen molar-refractivity contribution in [2.75, 3.05) is 31.1 Å². The normalized spacial score (nSPS) is 15.7. The highest BCUT2D eigenvalue weighted by Crippen LogP contribution is 2.21. The van der Waals surface area contributed by atoms with Crippen LogP contribution in [0.4, 0.5) is 5.69 Å². The lowest BCUT2D eigenvalue weighted by atomic mass is 10.1. The second-order valence-corrected chi connectivity index (χ2v) is 6.99. The first-order valence-electron chi connectivity index (χ1n) is 9.40. The van der Waals surface area contributed by atoms with E-state index >= 15 is 0 Å². The van der Waals surface area contributed by atoms with Crippen molar-refractivity contribution in [2.45, 2.75) is 33.3 Å². The van der Waals surface area contributed by atoms with Gasteiger partial charge in [-0.15, -0.1) is 0 Å². The number of para-hydroxylation sites is 1. The van der Waals surface area contributed by atoms with Crippen LogP contribution in [0.3, 0.4) is 0 Å². The van der Waals surface area contributed by atoms with Gasteiger partial charge in [-0.25, -0.2) is 0 Å². The Kier molecular flexibility index (Phi) is 5.82. The van der Waals surface area contributed by atoms with Crippen molar-refractivity contribution in [2.24, 2.45) is 0 Å². The molecule has 4 nitrogen and oxygen atoms in total. The Morgan fingerprint density at radius 3 is 2.19 bits per heavy atom. The summed E-state index contributed by atoms with van der Waals surface area (Å²) in [6.45, 7) is 9.29. The number of hydrogen-bond donors (Lipinski definition) is 0. The van der Waals surface area contributed by atoms with E-state index in [9.17, 15) is 4.79 Å². The van der Waals surface area contributed by atoms with Gasteiger partial charge in [0.25, 0.3) is 5.91 Å². The quantitative estimate of drug-likeness (QED) is 0.820. The minimum absolute atomic E-state index is 0.0966. The van der Waals surface area contributed by atoms with Crippen LogP contribution < -0.4 is 9.64 Å². The van der Waals surface area contributed by atoms with E-state index in [-0.39, 0.29) is 5.91 Å². The minimum Gasteiger partial charge on any atom is -0.481 e. The summed E-state index contributed by atoms with van der Waals surface area (Å²) in [7, 11) is 0. The van der Waals surface area contributed by atoms with Crippen LogP contribution >= 0.6 is 0 Å². The summed E-state index contributed by atoms with van der Waals surface area (Å²) >= 11 is 0.